The molecule has 0 amide bonds. The van der Waals surface area contributed by atoms with E-state index < -0.39 is 125 Å². The Morgan fingerprint density at radius 2 is 1.65 bits per heavy atom. The Bertz CT molecular complexity index is 1650. The SMILES string of the molecule is CC(=O)OCC12CC3OC(=O)C(CC(=O)C=C(C)C)C3C1(C)C(O)CC1C2=CCC2C1(C)CCC(OC(C)=O)C2(C)C(=O)OC1OC(CO)C(O)C(O)C1O. The molecule has 16 unspecified atom stereocenters. The molecule has 0 spiro atoms. The van der Waals surface area contributed by atoms with Crippen molar-refractivity contribution in [1.82, 2.24) is 0 Å². The van der Waals surface area contributed by atoms with Crippen LogP contribution in [0, 0.1) is 45.3 Å². The Morgan fingerprint density at radius 1 is 0.964 bits per heavy atom. The van der Waals surface area contributed by atoms with Gasteiger partial charge in [-0.3, -0.25) is 24.0 Å². The van der Waals surface area contributed by atoms with E-state index in [2.05, 4.69) is 0 Å². The van der Waals surface area contributed by atoms with Crippen molar-refractivity contribution < 1.29 is 73.2 Å². The zero-order chi connectivity index (χ0) is 40.6. The van der Waals surface area contributed by atoms with Gasteiger partial charge in [0.1, 0.15) is 48.6 Å². The lowest BCUT2D eigenvalue weighted by atomic mass is 9.40. The zero-order valence-corrected chi connectivity index (χ0v) is 32.6. The van der Waals surface area contributed by atoms with E-state index in [9.17, 15) is 49.5 Å². The highest BCUT2D eigenvalue weighted by atomic mass is 16.7. The van der Waals surface area contributed by atoms with Crippen LogP contribution in [0.25, 0.3) is 0 Å². The number of rotatable bonds is 9. The number of esters is 4. The molecule has 6 aliphatic rings. The van der Waals surface area contributed by atoms with Gasteiger partial charge in [-0.1, -0.05) is 31.1 Å². The number of aliphatic hydroxyl groups excluding tert-OH is 5. The first-order valence-electron chi connectivity index (χ1n) is 19.3. The van der Waals surface area contributed by atoms with Crippen LogP contribution in [0.3, 0.4) is 0 Å². The lowest BCUT2D eigenvalue weighted by molar-refractivity contribution is -0.299. The van der Waals surface area contributed by atoms with Crippen LogP contribution in [-0.2, 0) is 47.7 Å². The maximum Gasteiger partial charge on any atom is 0.318 e. The molecule has 2 aliphatic heterocycles. The molecule has 0 aromatic heterocycles. The van der Waals surface area contributed by atoms with Crippen LogP contribution < -0.4 is 0 Å². The fourth-order valence-corrected chi connectivity index (χ4v) is 11.8. The Hall–Kier alpha value is -3.21. The summed E-state index contributed by atoms with van der Waals surface area (Å²) in [7, 11) is 0. The highest BCUT2D eigenvalue weighted by Crippen LogP contribution is 2.75. The molecule has 306 valence electrons. The number of aliphatic hydroxyl groups is 5. The molecule has 16 atom stereocenters. The van der Waals surface area contributed by atoms with Gasteiger partial charge in [0.05, 0.1) is 18.6 Å². The molecule has 2 saturated heterocycles. The summed E-state index contributed by atoms with van der Waals surface area (Å²) in [5.41, 5.74) is -2.70. The van der Waals surface area contributed by atoms with Gasteiger partial charge >= 0.3 is 23.9 Å². The van der Waals surface area contributed by atoms with Crippen LogP contribution in [0.2, 0.25) is 0 Å². The van der Waals surface area contributed by atoms with Gasteiger partial charge in [-0.15, -0.1) is 0 Å². The van der Waals surface area contributed by atoms with E-state index in [1.54, 1.807) is 20.8 Å². The first kappa shape index (κ1) is 41.4. The Balaban J connectivity index is 1.42. The van der Waals surface area contributed by atoms with Gasteiger partial charge in [-0.2, -0.15) is 0 Å². The van der Waals surface area contributed by atoms with Crippen LogP contribution in [0.4, 0.5) is 0 Å². The summed E-state index contributed by atoms with van der Waals surface area (Å²) in [6.45, 7) is 10.8. The largest absolute Gasteiger partial charge is 0.465 e. The molecule has 0 bridgehead atoms. The summed E-state index contributed by atoms with van der Waals surface area (Å²) in [4.78, 5) is 65.9. The van der Waals surface area contributed by atoms with Crippen molar-refractivity contribution in [2.24, 2.45) is 45.3 Å². The number of hydrogen-bond donors (Lipinski definition) is 5. The first-order valence-corrected chi connectivity index (χ1v) is 19.3. The molecule has 5 N–H and O–H groups in total. The maximum atomic E-state index is 14.5. The van der Waals surface area contributed by atoms with Gasteiger partial charge in [0.2, 0.25) is 6.29 Å². The second kappa shape index (κ2) is 14.6. The van der Waals surface area contributed by atoms with Crippen LogP contribution in [-0.4, -0.2) is 117 Å². The summed E-state index contributed by atoms with van der Waals surface area (Å²) in [6.07, 6.45) is -6.32. The lowest BCUT2D eigenvalue weighted by Crippen LogP contribution is -2.66. The standard InChI is InChI=1S/C40H56O15/c1-18(2)12-21(44)13-22-30-25(53-34(22)49)15-40(17-51-19(3)42)23-8-9-27-37(5,24(23)14-28(45)39(30,40)7)11-10-29(52-20(4)43)38(27,6)36(50)55-35-33(48)32(47)31(46)26(16-41)54-35/h8,12,22,24-33,35,41,45-48H,9-11,13-17H2,1-7H3. The van der Waals surface area contributed by atoms with E-state index in [1.807, 2.05) is 19.9 Å². The molecule has 15 heteroatoms. The Kier molecular flexibility index (Phi) is 11.0. The molecule has 0 aromatic carbocycles. The molecule has 5 fully saturated rings. The second-order valence-corrected chi connectivity index (χ2v) is 17.6. The highest BCUT2D eigenvalue weighted by Gasteiger charge is 2.76. The third-order valence-corrected chi connectivity index (χ3v) is 14.5. The summed E-state index contributed by atoms with van der Waals surface area (Å²) in [6, 6.07) is 0. The van der Waals surface area contributed by atoms with Crippen molar-refractivity contribution in [3.8, 4) is 0 Å². The molecular formula is C40H56O15. The fourth-order valence-electron chi connectivity index (χ4n) is 11.8. The molecule has 2 heterocycles. The van der Waals surface area contributed by atoms with E-state index in [0.29, 0.717) is 6.42 Å². The first-order chi connectivity index (χ1) is 25.7. The average molecular weight is 777 g/mol. The van der Waals surface area contributed by atoms with Crippen molar-refractivity contribution in [3.05, 3.63) is 23.3 Å². The van der Waals surface area contributed by atoms with Crippen LogP contribution in [0.1, 0.15) is 87.0 Å². The fraction of sp³-hybridized carbons (Fsp3) is 0.775. The predicted octanol–water partition coefficient (Wildman–Crippen LogP) is 1.44. The van der Waals surface area contributed by atoms with E-state index in [1.165, 1.54) is 19.9 Å². The van der Waals surface area contributed by atoms with Gasteiger partial charge in [-0.05, 0) is 76.2 Å². The van der Waals surface area contributed by atoms with Gasteiger partial charge in [-0.25, -0.2) is 0 Å². The summed E-state index contributed by atoms with van der Waals surface area (Å²) >= 11 is 0. The third kappa shape index (κ3) is 6.37. The number of carbonyl (C=O) groups is 5. The quantitative estimate of drug-likeness (QED) is 0.0965. The molecule has 55 heavy (non-hydrogen) atoms. The average Bonchev–Trinajstić information content (AvgIpc) is 3.54. The van der Waals surface area contributed by atoms with E-state index in [4.69, 9.17) is 23.7 Å². The molecule has 0 radical (unpaired) electrons. The zero-order valence-electron chi connectivity index (χ0n) is 32.6. The number of hydrogen-bond acceptors (Lipinski definition) is 15. The van der Waals surface area contributed by atoms with E-state index in [-0.39, 0.29) is 44.5 Å². The minimum Gasteiger partial charge on any atom is -0.465 e. The highest BCUT2D eigenvalue weighted by molar-refractivity contribution is 5.93. The lowest BCUT2D eigenvalue weighted by Gasteiger charge is -2.65. The van der Waals surface area contributed by atoms with Crippen molar-refractivity contribution in [2.45, 2.75) is 136 Å². The molecule has 6 rings (SSSR count). The third-order valence-electron chi connectivity index (χ3n) is 14.5. The van der Waals surface area contributed by atoms with Crippen molar-refractivity contribution in [2.75, 3.05) is 13.2 Å². The van der Waals surface area contributed by atoms with Gasteiger partial charge < -0.3 is 49.2 Å². The smallest absolute Gasteiger partial charge is 0.318 e. The molecule has 4 aliphatic carbocycles. The normalized spacial score (nSPS) is 45.7. The number of carbonyl (C=O) groups excluding carboxylic acids is 5. The van der Waals surface area contributed by atoms with Crippen LogP contribution in [0.5, 0.6) is 0 Å². The Morgan fingerprint density at radius 3 is 2.27 bits per heavy atom. The van der Waals surface area contributed by atoms with Crippen LogP contribution >= 0.6 is 0 Å². The number of fused-ring (bicyclic) bond motifs is 7. The summed E-state index contributed by atoms with van der Waals surface area (Å²) < 4.78 is 28.9. The summed E-state index contributed by atoms with van der Waals surface area (Å²) in [5, 5.41) is 53.7. The summed E-state index contributed by atoms with van der Waals surface area (Å²) in [5.74, 6) is -5.13. The number of ether oxygens (including phenoxy) is 5. The monoisotopic (exact) mass is 776 g/mol. The van der Waals surface area contributed by atoms with Gasteiger partial charge in [0.15, 0.2) is 5.78 Å². The maximum absolute atomic E-state index is 14.5. The van der Waals surface area contributed by atoms with Gasteiger partial charge in [0.25, 0.3) is 0 Å². The topological polar surface area (TPSA) is 233 Å². The molecule has 15 nitrogen and oxygen atoms in total. The van der Waals surface area contributed by atoms with Gasteiger partial charge in [0, 0.05) is 37.0 Å². The molecular weight excluding hydrogens is 720 g/mol. The van der Waals surface area contributed by atoms with Crippen molar-refractivity contribution in [3.63, 3.8) is 0 Å². The number of allylic oxidation sites excluding steroid dienone is 3. The molecule has 3 saturated carbocycles. The Labute approximate surface area is 320 Å². The minimum atomic E-state index is -1.85. The van der Waals surface area contributed by atoms with E-state index >= 15 is 0 Å². The number of ketones is 1. The predicted molar refractivity (Wildman–Crippen MR) is 189 cm³/mol. The van der Waals surface area contributed by atoms with Crippen molar-refractivity contribution in [1.29, 1.82) is 0 Å². The molecule has 0 aromatic rings. The van der Waals surface area contributed by atoms with Crippen molar-refractivity contribution >= 4 is 29.7 Å². The van der Waals surface area contributed by atoms with E-state index in [0.717, 1.165) is 11.1 Å². The van der Waals surface area contributed by atoms with Crippen LogP contribution in [0.15, 0.2) is 23.3 Å². The second-order valence-electron chi connectivity index (χ2n) is 17.6. The minimum absolute atomic E-state index is 0.0914.